The number of hydrogen-bond acceptors (Lipinski definition) is 4. The van der Waals surface area contributed by atoms with E-state index in [9.17, 15) is 13.6 Å². The van der Waals surface area contributed by atoms with Crippen molar-refractivity contribution in [1.29, 1.82) is 0 Å². The summed E-state index contributed by atoms with van der Waals surface area (Å²) in [5.41, 5.74) is -0.171. The lowest BCUT2D eigenvalue weighted by Gasteiger charge is -2.21. The predicted octanol–water partition coefficient (Wildman–Crippen LogP) is 1.47. The molecule has 2 N–H and O–H groups in total. The lowest BCUT2D eigenvalue weighted by Crippen LogP contribution is -2.36. The van der Waals surface area contributed by atoms with E-state index in [0.717, 1.165) is 0 Å². The number of hydrogen-bond donors (Lipinski definition) is 2. The van der Waals surface area contributed by atoms with Crippen LogP contribution in [0.15, 0.2) is 18.3 Å². The highest BCUT2D eigenvalue weighted by Gasteiger charge is 2.18. The van der Waals surface area contributed by atoms with Gasteiger partial charge in [-0.2, -0.15) is 0 Å². The van der Waals surface area contributed by atoms with Gasteiger partial charge in [0.25, 0.3) is 12.3 Å². The molecule has 0 aliphatic carbocycles. The molecule has 0 atom stereocenters. The van der Waals surface area contributed by atoms with Gasteiger partial charge in [-0.25, -0.2) is 13.8 Å². The van der Waals surface area contributed by atoms with Gasteiger partial charge < -0.3 is 15.2 Å². The van der Waals surface area contributed by atoms with Gasteiger partial charge in [0.05, 0.1) is 0 Å². The number of halogens is 2. The summed E-state index contributed by atoms with van der Waals surface area (Å²) in [6, 6.07) is 2.75. The average molecular weight is 288 g/mol. The van der Waals surface area contributed by atoms with E-state index in [1.165, 1.54) is 18.3 Å². The molecule has 7 heteroatoms. The number of rotatable bonds is 7. The number of nitrogens with one attached hydrogen (secondary N) is 1. The van der Waals surface area contributed by atoms with Crippen molar-refractivity contribution in [2.24, 2.45) is 5.41 Å². The topological polar surface area (TPSA) is 71.5 Å². The molecule has 1 heterocycles. The Bertz CT molecular complexity index is 453. The Morgan fingerprint density at radius 1 is 1.55 bits per heavy atom. The van der Waals surface area contributed by atoms with Crippen molar-refractivity contribution in [1.82, 2.24) is 10.3 Å². The highest BCUT2D eigenvalue weighted by Crippen LogP contribution is 2.13. The number of nitrogens with zero attached hydrogens (tertiary/aromatic N) is 1. The van der Waals surface area contributed by atoms with Gasteiger partial charge in [0.1, 0.15) is 0 Å². The number of pyridine rings is 1. The maximum atomic E-state index is 12.0. The number of amides is 1. The summed E-state index contributed by atoms with van der Waals surface area (Å²) in [6.45, 7) is 3.06. The SMILES string of the molecule is CC(C)(CO)CNC(=O)c1ccnc(OCC(F)F)c1. The fraction of sp³-hybridized carbons (Fsp3) is 0.538. The Labute approximate surface area is 116 Å². The summed E-state index contributed by atoms with van der Waals surface area (Å²) >= 11 is 0. The first-order valence-electron chi connectivity index (χ1n) is 6.10. The van der Waals surface area contributed by atoms with Crippen molar-refractivity contribution in [3.63, 3.8) is 0 Å². The molecule has 0 aromatic carbocycles. The largest absolute Gasteiger partial charge is 0.472 e. The lowest BCUT2D eigenvalue weighted by molar-refractivity contribution is 0.0794. The molecule has 1 rings (SSSR count). The summed E-state index contributed by atoms with van der Waals surface area (Å²) in [5.74, 6) is -0.407. The van der Waals surface area contributed by atoms with E-state index in [-0.39, 0.29) is 30.5 Å². The zero-order valence-electron chi connectivity index (χ0n) is 11.4. The molecule has 0 radical (unpaired) electrons. The fourth-order valence-corrected chi connectivity index (χ4v) is 1.26. The molecule has 1 aromatic rings. The molecule has 0 spiro atoms. The highest BCUT2D eigenvalue weighted by atomic mass is 19.3. The summed E-state index contributed by atoms with van der Waals surface area (Å²) < 4.78 is 28.8. The van der Waals surface area contributed by atoms with Crippen LogP contribution in [0.3, 0.4) is 0 Å². The van der Waals surface area contributed by atoms with Crippen molar-refractivity contribution in [2.75, 3.05) is 19.8 Å². The summed E-state index contributed by atoms with van der Waals surface area (Å²) in [7, 11) is 0. The molecule has 1 aromatic heterocycles. The van der Waals surface area contributed by atoms with Crippen molar-refractivity contribution >= 4 is 5.91 Å². The van der Waals surface area contributed by atoms with Crippen LogP contribution in [-0.2, 0) is 0 Å². The van der Waals surface area contributed by atoms with Crippen LogP contribution in [0.5, 0.6) is 5.88 Å². The second-order valence-electron chi connectivity index (χ2n) is 5.09. The first kappa shape index (κ1) is 16.3. The minimum Gasteiger partial charge on any atom is -0.472 e. The van der Waals surface area contributed by atoms with E-state index in [1.54, 1.807) is 13.8 Å². The van der Waals surface area contributed by atoms with E-state index < -0.39 is 18.4 Å². The van der Waals surface area contributed by atoms with Crippen LogP contribution in [0.2, 0.25) is 0 Å². The Balaban J connectivity index is 2.62. The standard InChI is InChI=1S/C13H18F2N2O3/c1-13(2,8-18)7-17-12(19)9-3-4-16-11(5-9)20-6-10(14)15/h3-5,10,18H,6-8H2,1-2H3,(H,17,19). The van der Waals surface area contributed by atoms with Gasteiger partial charge in [-0.05, 0) is 6.07 Å². The number of carbonyl (C=O) groups is 1. The van der Waals surface area contributed by atoms with Gasteiger partial charge >= 0.3 is 0 Å². The van der Waals surface area contributed by atoms with E-state index in [0.29, 0.717) is 0 Å². The van der Waals surface area contributed by atoms with Gasteiger partial charge in [0, 0.05) is 36.4 Å². The van der Waals surface area contributed by atoms with Crippen LogP contribution in [0.1, 0.15) is 24.2 Å². The first-order chi connectivity index (χ1) is 9.34. The summed E-state index contributed by atoms with van der Waals surface area (Å²) in [5, 5.41) is 11.7. The molecule has 20 heavy (non-hydrogen) atoms. The molecule has 0 aliphatic rings. The van der Waals surface area contributed by atoms with Crippen molar-refractivity contribution in [3.8, 4) is 5.88 Å². The summed E-state index contributed by atoms with van der Waals surface area (Å²) in [4.78, 5) is 15.6. The minimum absolute atomic E-state index is 0.0284. The Kier molecular flexibility index (Phi) is 5.82. The molecule has 112 valence electrons. The van der Waals surface area contributed by atoms with Crippen LogP contribution in [0.25, 0.3) is 0 Å². The molecule has 1 amide bonds. The molecule has 0 saturated carbocycles. The third kappa shape index (κ3) is 5.48. The Morgan fingerprint density at radius 2 is 2.25 bits per heavy atom. The Morgan fingerprint density at radius 3 is 2.85 bits per heavy atom. The molecule has 5 nitrogen and oxygen atoms in total. The third-order valence-corrected chi connectivity index (χ3v) is 2.51. The number of aromatic nitrogens is 1. The lowest BCUT2D eigenvalue weighted by atomic mass is 9.95. The van der Waals surface area contributed by atoms with Gasteiger partial charge in [-0.1, -0.05) is 13.8 Å². The second kappa shape index (κ2) is 7.14. The van der Waals surface area contributed by atoms with Crippen molar-refractivity contribution in [2.45, 2.75) is 20.3 Å². The number of aliphatic hydroxyl groups excluding tert-OH is 1. The Hall–Kier alpha value is -1.76. The fourth-order valence-electron chi connectivity index (χ4n) is 1.26. The molecular weight excluding hydrogens is 270 g/mol. The molecular formula is C13H18F2N2O3. The van der Waals surface area contributed by atoms with Gasteiger partial charge in [0.2, 0.25) is 5.88 Å². The second-order valence-corrected chi connectivity index (χ2v) is 5.09. The number of alkyl halides is 2. The van der Waals surface area contributed by atoms with Gasteiger partial charge in [-0.3, -0.25) is 4.79 Å². The number of aliphatic hydroxyl groups is 1. The third-order valence-electron chi connectivity index (χ3n) is 2.51. The molecule has 0 saturated heterocycles. The zero-order chi connectivity index (χ0) is 15.2. The van der Waals surface area contributed by atoms with Crippen molar-refractivity contribution < 1.29 is 23.4 Å². The van der Waals surface area contributed by atoms with E-state index in [4.69, 9.17) is 9.84 Å². The molecule has 0 aliphatic heterocycles. The van der Waals surface area contributed by atoms with Crippen LogP contribution < -0.4 is 10.1 Å². The van der Waals surface area contributed by atoms with Gasteiger partial charge in [0.15, 0.2) is 6.61 Å². The monoisotopic (exact) mass is 288 g/mol. The van der Waals surface area contributed by atoms with Gasteiger partial charge in [-0.15, -0.1) is 0 Å². The minimum atomic E-state index is -2.60. The summed E-state index contributed by atoms with van der Waals surface area (Å²) in [6.07, 6.45) is -1.29. The quantitative estimate of drug-likeness (QED) is 0.797. The smallest absolute Gasteiger partial charge is 0.272 e. The van der Waals surface area contributed by atoms with E-state index >= 15 is 0 Å². The maximum Gasteiger partial charge on any atom is 0.272 e. The van der Waals surface area contributed by atoms with Crippen LogP contribution in [0, 0.1) is 5.41 Å². The highest BCUT2D eigenvalue weighted by molar-refractivity contribution is 5.94. The number of ether oxygens (including phenoxy) is 1. The zero-order valence-corrected chi connectivity index (χ0v) is 11.4. The van der Waals surface area contributed by atoms with E-state index in [2.05, 4.69) is 10.3 Å². The first-order valence-corrected chi connectivity index (χ1v) is 6.10. The average Bonchev–Trinajstić information content (AvgIpc) is 2.43. The molecule has 0 unspecified atom stereocenters. The van der Waals surface area contributed by atoms with E-state index in [1.807, 2.05) is 0 Å². The van der Waals surface area contributed by atoms with Crippen LogP contribution in [-0.4, -0.2) is 42.2 Å². The maximum absolute atomic E-state index is 12.0. The molecule has 0 fully saturated rings. The van der Waals surface area contributed by atoms with Crippen LogP contribution >= 0.6 is 0 Å². The predicted molar refractivity (Wildman–Crippen MR) is 68.9 cm³/mol. The number of carbonyl (C=O) groups excluding carboxylic acids is 1. The normalized spacial score (nSPS) is 11.5. The van der Waals surface area contributed by atoms with Crippen LogP contribution in [0.4, 0.5) is 8.78 Å². The molecule has 0 bridgehead atoms. The van der Waals surface area contributed by atoms with Crippen molar-refractivity contribution in [3.05, 3.63) is 23.9 Å².